The Hall–Kier alpha value is -1.22. The van der Waals surface area contributed by atoms with Gasteiger partial charge in [0.05, 0.1) is 11.9 Å². The van der Waals surface area contributed by atoms with Crippen molar-refractivity contribution in [2.75, 3.05) is 0 Å². The Bertz CT molecular complexity index is 550. The number of rotatable bonds is 2. The third kappa shape index (κ3) is 2.61. The van der Waals surface area contributed by atoms with Gasteiger partial charge in [0.1, 0.15) is 5.82 Å². The van der Waals surface area contributed by atoms with Crippen LogP contribution in [0.25, 0.3) is 11.3 Å². The molecule has 0 bridgehead atoms. The third-order valence-electron chi connectivity index (χ3n) is 3.17. The number of H-pyrrole nitrogens is 1. The molecule has 0 aliphatic carbocycles. The van der Waals surface area contributed by atoms with Crippen LogP contribution in [0.2, 0.25) is 0 Å². The van der Waals surface area contributed by atoms with Crippen LogP contribution in [0.3, 0.4) is 0 Å². The van der Waals surface area contributed by atoms with E-state index in [2.05, 4.69) is 68.5 Å². The summed E-state index contributed by atoms with van der Waals surface area (Å²) in [6, 6.07) is 6.64. The van der Waals surface area contributed by atoms with Gasteiger partial charge < -0.3 is 4.98 Å². The lowest BCUT2D eigenvalue weighted by molar-refractivity contribution is 0.590. The van der Waals surface area contributed by atoms with Crippen molar-refractivity contribution in [2.24, 2.45) is 0 Å². The van der Waals surface area contributed by atoms with Crippen LogP contribution in [0.15, 0.2) is 24.4 Å². The number of hydrogen-bond acceptors (Lipinski definition) is 2. The first-order chi connectivity index (χ1) is 8.41. The first kappa shape index (κ1) is 13.2. The van der Waals surface area contributed by atoms with E-state index < -0.39 is 0 Å². The first-order valence-electron chi connectivity index (χ1n) is 6.18. The van der Waals surface area contributed by atoms with Crippen LogP contribution in [0, 0.1) is 6.92 Å². The number of aromatic nitrogens is 2. The Labute approximate surface area is 114 Å². The summed E-state index contributed by atoms with van der Waals surface area (Å²) in [5.41, 5.74) is 5.06. The minimum atomic E-state index is 0.162. The van der Waals surface area contributed by atoms with Crippen molar-refractivity contribution >= 4 is 12.6 Å². The molecule has 2 nitrogen and oxygen atoms in total. The fraction of sp³-hybridized carbons (Fsp3) is 0.400. The highest BCUT2D eigenvalue weighted by molar-refractivity contribution is 7.79. The molecule has 0 saturated carbocycles. The standard InChI is InChI=1S/C15H20N2S/c1-10-5-6-11(15(2,3)4)7-12(10)13-8-16-14(9-18)17-13/h5-8,18H,9H2,1-4H3,(H,16,17). The van der Waals surface area contributed by atoms with Gasteiger partial charge in [-0.05, 0) is 29.5 Å². The number of aryl methyl sites for hydroxylation is 1. The van der Waals surface area contributed by atoms with Crippen LogP contribution < -0.4 is 0 Å². The predicted octanol–water partition coefficient (Wildman–Crippen LogP) is 4.11. The molecule has 1 aromatic heterocycles. The van der Waals surface area contributed by atoms with E-state index in [1.54, 1.807) is 0 Å². The average Bonchev–Trinajstić information content (AvgIpc) is 2.76. The molecule has 0 amide bonds. The molecule has 0 saturated heterocycles. The minimum Gasteiger partial charge on any atom is -0.341 e. The topological polar surface area (TPSA) is 28.7 Å². The summed E-state index contributed by atoms with van der Waals surface area (Å²) in [6.07, 6.45) is 1.89. The Balaban J connectivity index is 2.49. The zero-order valence-corrected chi connectivity index (χ0v) is 12.3. The number of hydrogen-bond donors (Lipinski definition) is 2. The van der Waals surface area contributed by atoms with Gasteiger partial charge in [0.2, 0.25) is 0 Å². The van der Waals surface area contributed by atoms with E-state index in [1.165, 1.54) is 16.7 Å². The molecule has 0 fully saturated rings. The number of aromatic amines is 1. The summed E-state index contributed by atoms with van der Waals surface area (Å²) in [5, 5.41) is 0. The molecule has 0 spiro atoms. The van der Waals surface area contributed by atoms with Crippen LogP contribution in [-0.4, -0.2) is 9.97 Å². The Morgan fingerprint density at radius 3 is 2.56 bits per heavy atom. The van der Waals surface area contributed by atoms with E-state index in [1.807, 2.05) is 6.20 Å². The van der Waals surface area contributed by atoms with E-state index in [-0.39, 0.29) is 5.41 Å². The normalized spacial score (nSPS) is 11.8. The Kier molecular flexibility index (Phi) is 3.53. The highest BCUT2D eigenvalue weighted by atomic mass is 32.1. The van der Waals surface area contributed by atoms with Gasteiger partial charge in [0, 0.05) is 11.3 Å². The molecular formula is C15H20N2S. The van der Waals surface area contributed by atoms with Gasteiger partial charge >= 0.3 is 0 Å². The van der Waals surface area contributed by atoms with Crippen molar-refractivity contribution in [1.82, 2.24) is 9.97 Å². The van der Waals surface area contributed by atoms with Gasteiger partial charge in [-0.2, -0.15) is 12.6 Å². The molecule has 0 unspecified atom stereocenters. The molecule has 1 heterocycles. The van der Waals surface area contributed by atoms with E-state index in [9.17, 15) is 0 Å². The lowest BCUT2D eigenvalue weighted by atomic mass is 9.85. The Morgan fingerprint density at radius 1 is 1.28 bits per heavy atom. The molecule has 1 N–H and O–H groups in total. The zero-order chi connectivity index (χ0) is 13.3. The highest BCUT2D eigenvalue weighted by Crippen LogP contribution is 2.29. The van der Waals surface area contributed by atoms with Crippen molar-refractivity contribution in [2.45, 2.75) is 38.9 Å². The number of benzene rings is 1. The van der Waals surface area contributed by atoms with E-state index in [0.29, 0.717) is 5.75 Å². The quantitative estimate of drug-likeness (QED) is 0.782. The third-order valence-corrected chi connectivity index (χ3v) is 3.47. The molecule has 18 heavy (non-hydrogen) atoms. The van der Waals surface area contributed by atoms with Gasteiger partial charge in [-0.15, -0.1) is 0 Å². The fourth-order valence-electron chi connectivity index (χ4n) is 1.96. The SMILES string of the molecule is Cc1ccc(C(C)(C)C)cc1-c1cnc(CS)[nH]1. The number of imidazole rings is 1. The number of nitrogens with zero attached hydrogens (tertiary/aromatic N) is 1. The summed E-state index contributed by atoms with van der Waals surface area (Å²) >= 11 is 4.23. The van der Waals surface area contributed by atoms with E-state index in [4.69, 9.17) is 0 Å². The molecule has 0 aliphatic rings. The van der Waals surface area contributed by atoms with E-state index >= 15 is 0 Å². The highest BCUT2D eigenvalue weighted by Gasteiger charge is 2.15. The average molecular weight is 260 g/mol. The predicted molar refractivity (Wildman–Crippen MR) is 80.2 cm³/mol. The first-order valence-corrected chi connectivity index (χ1v) is 6.81. The molecule has 1 aromatic carbocycles. The summed E-state index contributed by atoms with van der Waals surface area (Å²) in [7, 11) is 0. The van der Waals surface area contributed by atoms with Crippen LogP contribution in [0.1, 0.15) is 37.7 Å². The summed E-state index contributed by atoms with van der Waals surface area (Å²) < 4.78 is 0. The van der Waals surface area contributed by atoms with Crippen molar-refractivity contribution in [3.63, 3.8) is 0 Å². The molecule has 2 aromatic rings. The lowest BCUT2D eigenvalue weighted by Gasteiger charge is -2.20. The maximum Gasteiger partial charge on any atom is 0.116 e. The van der Waals surface area contributed by atoms with Crippen LogP contribution in [-0.2, 0) is 11.2 Å². The minimum absolute atomic E-state index is 0.162. The maximum atomic E-state index is 4.31. The number of nitrogens with one attached hydrogen (secondary N) is 1. The van der Waals surface area contributed by atoms with Gasteiger partial charge in [0.15, 0.2) is 0 Å². The van der Waals surface area contributed by atoms with Gasteiger partial charge in [-0.3, -0.25) is 0 Å². The summed E-state index contributed by atoms with van der Waals surface area (Å²) in [6.45, 7) is 8.82. The smallest absolute Gasteiger partial charge is 0.116 e. The second-order valence-corrected chi connectivity index (χ2v) is 6.00. The van der Waals surface area contributed by atoms with Gasteiger partial charge in [-0.25, -0.2) is 4.98 Å². The second-order valence-electron chi connectivity index (χ2n) is 5.68. The molecule has 96 valence electrons. The summed E-state index contributed by atoms with van der Waals surface area (Å²) in [5.74, 6) is 1.55. The second kappa shape index (κ2) is 4.81. The molecule has 0 radical (unpaired) electrons. The largest absolute Gasteiger partial charge is 0.341 e. The molecule has 2 rings (SSSR count). The fourth-order valence-corrected chi connectivity index (χ4v) is 2.12. The van der Waals surface area contributed by atoms with Crippen molar-refractivity contribution in [3.8, 4) is 11.3 Å². The molecule has 3 heteroatoms. The lowest BCUT2D eigenvalue weighted by Crippen LogP contribution is -2.11. The monoisotopic (exact) mass is 260 g/mol. The molecule has 0 atom stereocenters. The van der Waals surface area contributed by atoms with E-state index in [0.717, 1.165) is 11.5 Å². The number of thiol groups is 1. The zero-order valence-electron chi connectivity index (χ0n) is 11.4. The summed E-state index contributed by atoms with van der Waals surface area (Å²) in [4.78, 5) is 7.62. The van der Waals surface area contributed by atoms with Crippen molar-refractivity contribution in [1.29, 1.82) is 0 Å². The van der Waals surface area contributed by atoms with Crippen molar-refractivity contribution < 1.29 is 0 Å². The maximum absolute atomic E-state index is 4.31. The Morgan fingerprint density at radius 2 is 2.00 bits per heavy atom. The van der Waals surface area contributed by atoms with Crippen LogP contribution in [0.5, 0.6) is 0 Å². The van der Waals surface area contributed by atoms with Gasteiger partial charge in [0.25, 0.3) is 0 Å². The van der Waals surface area contributed by atoms with Gasteiger partial charge in [-0.1, -0.05) is 32.9 Å². The van der Waals surface area contributed by atoms with Crippen molar-refractivity contribution in [3.05, 3.63) is 41.3 Å². The van der Waals surface area contributed by atoms with Crippen LogP contribution >= 0.6 is 12.6 Å². The van der Waals surface area contributed by atoms with Crippen LogP contribution in [0.4, 0.5) is 0 Å². The molecular weight excluding hydrogens is 240 g/mol. The molecule has 0 aliphatic heterocycles.